The molecule has 1 fully saturated rings. The first kappa shape index (κ1) is 15.7. The number of hydrogen-bond acceptors (Lipinski definition) is 3. The summed E-state index contributed by atoms with van der Waals surface area (Å²) in [6.07, 6.45) is 3.29. The average Bonchev–Trinajstić information content (AvgIpc) is 2.47. The molecule has 0 amide bonds. The molecule has 2 rings (SSSR count). The summed E-state index contributed by atoms with van der Waals surface area (Å²) in [5.41, 5.74) is 1.59. The van der Waals surface area contributed by atoms with Crippen molar-refractivity contribution in [1.82, 2.24) is 5.32 Å². The van der Waals surface area contributed by atoms with E-state index in [1.54, 1.807) is 11.8 Å². The van der Waals surface area contributed by atoms with Gasteiger partial charge in [0.05, 0.1) is 0 Å². The Labute approximate surface area is 128 Å². The smallest absolute Gasteiger partial charge is 0.0438 e. The lowest BCUT2D eigenvalue weighted by Crippen LogP contribution is -2.64. The maximum atomic E-state index is 3.75. The maximum absolute atomic E-state index is 3.75. The van der Waals surface area contributed by atoms with E-state index in [2.05, 4.69) is 68.4 Å². The third kappa shape index (κ3) is 3.32. The van der Waals surface area contributed by atoms with E-state index in [0.717, 1.165) is 19.5 Å². The molecule has 1 aliphatic heterocycles. The van der Waals surface area contributed by atoms with E-state index in [9.17, 15) is 0 Å². The van der Waals surface area contributed by atoms with Crippen molar-refractivity contribution in [2.24, 2.45) is 5.92 Å². The molecule has 0 radical (unpaired) electrons. The zero-order valence-electron chi connectivity index (χ0n) is 13.4. The standard InChI is InChI=1S/C17H28N2S/c1-6-17(4)12-19(16(11-18-17)13(2)3)14-7-9-15(20-5)10-8-14/h7-10,13,16,18H,6,11-12H2,1-5H3. The van der Waals surface area contributed by atoms with Crippen LogP contribution in [0.1, 0.15) is 34.1 Å². The second-order valence-corrected chi connectivity index (χ2v) is 7.31. The summed E-state index contributed by atoms with van der Waals surface area (Å²) in [7, 11) is 0. The lowest BCUT2D eigenvalue weighted by atomic mass is 9.89. The minimum Gasteiger partial charge on any atom is -0.365 e. The van der Waals surface area contributed by atoms with E-state index in [1.807, 2.05) is 0 Å². The van der Waals surface area contributed by atoms with Crippen molar-refractivity contribution in [3.05, 3.63) is 24.3 Å². The summed E-state index contributed by atoms with van der Waals surface area (Å²) >= 11 is 1.80. The van der Waals surface area contributed by atoms with E-state index < -0.39 is 0 Å². The molecule has 0 aromatic heterocycles. The van der Waals surface area contributed by atoms with E-state index in [-0.39, 0.29) is 5.54 Å². The van der Waals surface area contributed by atoms with Crippen LogP contribution in [0, 0.1) is 5.92 Å². The van der Waals surface area contributed by atoms with Gasteiger partial charge in [-0.3, -0.25) is 0 Å². The molecule has 20 heavy (non-hydrogen) atoms. The molecule has 2 atom stereocenters. The van der Waals surface area contributed by atoms with E-state index in [0.29, 0.717) is 12.0 Å². The Morgan fingerprint density at radius 2 is 2.00 bits per heavy atom. The predicted molar refractivity (Wildman–Crippen MR) is 90.9 cm³/mol. The molecule has 0 aliphatic carbocycles. The zero-order valence-corrected chi connectivity index (χ0v) is 14.3. The first-order chi connectivity index (χ1) is 9.49. The van der Waals surface area contributed by atoms with Gasteiger partial charge < -0.3 is 10.2 Å². The Balaban J connectivity index is 2.26. The van der Waals surface area contributed by atoms with Crippen LogP contribution in [0.4, 0.5) is 5.69 Å². The SMILES string of the molecule is CCC1(C)CN(c2ccc(SC)cc2)C(C(C)C)CN1. The highest BCUT2D eigenvalue weighted by Gasteiger charge is 2.35. The van der Waals surface area contributed by atoms with Gasteiger partial charge in [0.15, 0.2) is 0 Å². The zero-order chi connectivity index (χ0) is 14.8. The van der Waals surface area contributed by atoms with Crippen LogP contribution in [-0.4, -0.2) is 30.9 Å². The number of benzene rings is 1. The van der Waals surface area contributed by atoms with E-state index in [1.165, 1.54) is 10.6 Å². The molecule has 1 N–H and O–H groups in total. The van der Waals surface area contributed by atoms with Crippen molar-refractivity contribution in [1.29, 1.82) is 0 Å². The molecule has 0 spiro atoms. The van der Waals surface area contributed by atoms with Gasteiger partial charge in [-0.25, -0.2) is 0 Å². The van der Waals surface area contributed by atoms with Gasteiger partial charge in [-0.2, -0.15) is 0 Å². The predicted octanol–water partition coefficient (Wildman–Crippen LogP) is 4.01. The molecule has 1 heterocycles. The van der Waals surface area contributed by atoms with Crippen LogP contribution in [0.5, 0.6) is 0 Å². The molecule has 1 aliphatic rings. The fourth-order valence-electron chi connectivity index (χ4n) is 2.90. The van der Waals surface area contributed by atoms with Crippen LogP contribution in [0.25, 0.3) is 0 Å². The number of hydrogen-bond donors (Lipinski definition) is 1. The van der Waals surface area contributed by atoms with Crippen molar-refractivity contribution in [3.63, 3.8) is 0 Å². The molecule has 1 aromatic rings. The van der Waals surface area contributed by atoms with Gasteiger partial charge in [-0.1, -0.05) is 20.8 Å². The third-order valence-corrected chi connectivity index (χ3v) is 5.36. The fraction of sp³-hybridized carbons (Fsp3) is 0.647. The Bertz CT molecular complexity index is 429. The Morgan fingerprint density at radius 3 is 2.50 bits per heavy atom. The van der Waals surface area contributed by atoms with Crippen LogP contribution in [0.2, 0.25) is 0 Å². The topological polar surface area (TPSA) is 15.3 Å². The summed E-state index contributed by atoms with van der Waals surface area (Å²) in [6, 6.07) is 9.62. The first-order valence-electron chi connectivity index (χ1n) is 7.65. The fourth-order valence-corrected chi connectivity index (χ4v) is 3.31. The second-order valence-electron chi connectivity index (χ2n) is 6.43. The quantitative estimate of drug-likeness (QED) is 0.844. The normalized spacial score (nSPS) is 27.1. The Hall–Kier alpha value is -0.670. The summed E-state index contributed by atoms with van der Waals surface area (Å²) in [5, 5.41) is 3.75. The number of anilines is 1. The number of nitrogens with one attached hydrogen (secondary N) is 1. The van der Waals surface area contributed by atoms with Crippen LogP contribution >= 0.6 is 11.8 Å². The van der Waals surface area contributed by atoms with Crippen molar-refractivity contribution in [3.8, 4) is 0 Å². The van der Waals surface area contributed by atoms with Gasteiger partial charge in [-0.15, -0.1) is 11.8 Å². The first-order valence-corrected chi connectivity index (χ1v) is 8.87. The molecule has 0 saturated carbocycles. The van der Waals surface area contributed by atoms with Gasteiger partial charge in [0.1, 0.15) is 0 Å². The van der Waals surface area contributed by atoms with Gasteiger partial charge in [0.25, 0.3) is 0 Å². The minimum atomic E-state index is 0.226. The molecule has 1 aromatic carbocycles. The highest BCUT2D eigenvalue weighted by atomic mass is 32.2. The molecule has 2 unspecified atom stereocenters. The van der Waals surface area contributed by atoms with Gasteiger partial charge in [0.2, 0.25) is 0 Å². The number of rotatable bonds is 4. The van der Waals surface area contributed by atoms with Crippen LogP contribution < -0.4 is 10.2 Å². The van der Waals surface area contributed by atoms with Crippen molar-refractivity contribution >= 4 is 17.4 Å². The molecule has 2 nitrogen and oxygen atoms in total. The largest absolute Gasteiger partial charge is 0.365 e. The third-order valence-electron chi connectivity index (χ3n) is 4.61. The molecule has 3 heteroatoms. The van der Waals surface area contributed by atoms with Gasteiger partial charge >= 0.3 is 0 Å². The lowest BCUT2D eigenvalue weighted by Gasteiger charge is -2.48. The molecular weight excluding hydrogens is 264 g/mol. The van der Waals surface area contributed by atoms with Gasteiger partial charge in [0, 0.05) is 35.3 Å². The van der Waals surface area contributed by atoms with Crippen molar-refractivity contribution in [2.75, 3.05) is 24.2 Å². The Morgan fingerprint density at radius 1 is 1.35 bits per heavy atom. The van der Waals surface area contributed by atoms with E-state index >= 15 is 0 Å². The average molecular weight is 292 g/mol. The molecule has 1 saturated heterocycles. The summed E-state index contributed by atoms with van der Waals surface area (Å²) in [6.45, 7) is 11.4. The molecule has 0 bridgehead atoms. The van der Waals surface area contributed by atoms with Crippen molar-refractivity contribution in [2.45, 2.75) is 50.6 Å². The summed E-state index contributed by atoms with van der Waals surface area (Å²) in [4.78, 5) is 3.94. The molecule has 112 valence electrons. The highest BCUT2D eigenvalue weighted by Crippen LogP contribution is 2.29. The summed E-state index contributed by atoms with van der Waals surface area (Å²) in [5.74, 6) is 0.657. The number of nitrogens with zero attached hydrogens (tertiary/aromatic N) is 1. The maximum Gasteiger partial charge on any atom is 0.0438 e. The highest BCUT2D eigenvalue weighted by molar-refractivity contribution is 7.98. The Kier molecular flexibility index (Phi) is 5.03. The summed E-state index contributed by atoms with van der Waals surface area (Å²) < 4.78 is 0. The number of thioether (sulfide) groups is 1. The lowest BCUT2D eigenvalue weighted by molar-refractivity contribution is 0.253. The van der Waals surface area contributed by atoms with Crippen LogP contribution in [-0.2, 0) is 0 Å². The van der Waals surface area contributed by atoms with Crippen molar-refractivity contribution < 1.29 is 0 Å². The number of piperazine rings is 1. The molecular formula is C17H28N2S. The van der Waals surface area contributed by atoms with Crippen LogP contribution in [0.3, 0.4) is 0 Å². The van der Waals surface area contributed by atoms with Gasteiger partial charge in [-0.05, 0) is 49.8 Å². The van der Waals surface area contributed by atoms with Crippen LogP contribution in [0.15, 0.2) is 29.2 Å². The minimum absolute atomic E-state index is 0.226. The monoisotopic (exact) mass is 292 g/mol. The second kappa shape index (κ2) is 6.40. The van der Waals surface area contributed by atoms with E-state index in [4.69, 9.17) is 0 Å².